The summed E-state index contributed by atoms with van der Waals surface area (Å²) in [6.45, 7) is 3.65. The van der Waals surface area contributed by atoms with Gasteiger partial charge in [0.2, 0.25) is 5.91 Å². The number of carbonyl (C=O) groups excluding carboxylic acids is 1. The standard InChI is InChI=1S/C8H16ClN3O/c9-7-5-8(13)12(6-7)4-3-11-2-1-10/h7,11H,1-6,10H2. The van der Waals surface area contributed by atoms with Crippen LogP contribution in [0.25, 0.3) is 0 Å². The van der Waals surface area contributed by atoms with E-state index in [0.29, 0.717) is 19.5 Å². The molecule has 3 N–H and O–H groups in total. The number of nitrogens with zero attached hydrogens (tertiary/aromatic N) is 1. The molecule has 0 radical (unpaired) electrons. The molecular weight excluding hydrogens is 190 g/mol. The number of amides is 1. The number of hydrogen-bond acceptors (Lipinski definition) is 3. The Morgan fingerprint density at radius 3 is 2.92 bits per heavy atom. The van der Waals surface area contributed by atoms with Gasteiger partial charge in [-0.3, -0.25) is 4.79 Å². The molecule has 0 spiro atoms. The van der Waals surface area contributed by atoms with Crippen molar-refractivity contribution in [2.75, 3.05) is 32.7 Å². The number of carbonyl (C=O) groups is 1. The maximum Gasteiger partial charge on any atom is 0.224 e. The Bertz CT molecular complexity index is 177. The fraction of sp³-hybridized carbons (Fsp3) is 0.875. The van der Waals surface area contributed by atoms with Gasteiger partial charge in [-0.1, -0.05) is 0 Å². The lowest BCUT2D eigenvalue weighted by Crippen LogP contribution is -2.35. The Balaban J connectivity index is 2.11. The van der Waals surface area contributed by atoms with Crippen LogP contribution in [0.1, 0.15) is 6.42 Å². The third kappa shape index (κ3) is 3.50. The van der Waals surface area contributed by atoms with Gasteiger partial charge in [-0.2, -0.15) is 0 Å². The molecule has 1 amide bonds. The van der Waals surface area contributed by atoms with Crippen LogP contribution >= 0.6 is 11.6 Å². The average molecular weight is 206 g/mol. The molecule has 13 heavy (non-hydrogen) atoms. The summed E-state index contributed by atoms with van der Waals surface area (Å²) in [5.74, 6) is 0.162. The number of halogens is 1. The van der Waals surface area contributed by atoms with Crippen molar-refractivity contribution in [2.24, 2.45) is 5.73 Å². The molecule has 1 fully saturated rings. The fourth-order valence-electron chi connectivity index (χ4n) is 1.38. The van der Waals surface area contributed by atoms with E-state index in [0.717, 1.165) is 19.6 Å². The van der Waals surface area contributed by atoms with Crippen LogP contribution in [0.3, 0.4) is 0 Å². The van der Waals surface area contributed by atoms with Crippen LogP contribution in [0.2, 0.25) is 0 Å². The highest BCUT2D eigenvalue weighted by molar-refractivity contribution is 6.22. The second kappa shape index (κ2) is 5.42. The van der Waals surface area contributed by atoms with Gasteiger partial charge in [0.1, 0.15) is 0 Å². The van der Waals surface area contributed by atoms with E-state index in [9.17, 15) is 4.79 Å². The molecule has 0 aromatic carbocycles. The van der Waals surface area contributed by atoms with E-state index in [2.05, 4.69) is 5.32 Å². The molecule has 1 aliphatic heterocycles. The first-order valence-electron chi connectivity index (χ1n) is 4.56. The topological polar surface area (TPSA) is 58.4 Å². The number of nitrogens with two attached hydrogens (primary N) is 1. The zero-order valence-corrected chi connectivity index (χ0v) is 8.39. The summed E-state index contributed by atoms with van der Waals surface area (Å²) in [4.78, 5) is 13.0. The van der Waals surface area contributed by atoms with Crippen molar-refractivity contribution in [2.45, 2.75) is 11.8 Å². The maximum atomic E-state index is 11.2. The first-order valence-corrected chi connectivity index (χ1v) is 5.00. The van der Waals surface area contributed by atoms with E-state index in [1.807, 2.05) is 0 Å². The predicted octanol–water partition coefficient (Wildman–Crippen LogP) is -0.626. The highest BCUT2D eigenvalue weighted by atomic mass is 35.5. The molecule has 5 heteroatoms. The molecule has 0 aliphatic carbocycles. The predicted molar refractivity (Wildman–Crippen MR) is 52.8 cm³/mol. The van der Waals surface area contributed by atoms with Gasteiger partial charge in [0.25, 0.3) is 0 Å². The van der Waals surface area contributed by atoms with Crippen molar-refractivity contribution in [1.82, 2.24) is 10.2 Å². The summed E-state index contributed by atoms with van der Waals surface area (Å²) < 4.78 is 0. The lowest BCUT2D eigenvalue weighted by molar-refractivity contribution is -0.127. The molecule has 4 nitrogen and oxygen atoms in total. The van der Waals surface area contributed by atoms with Crippen molar-refractivity contribution >= 4 is 17.5 Å². The van der Waals surface area contributed by atoms with E-state index in [4.69, 9.17) is 17.3 Å². The van der Waals surface area contributed by atoms with Crippen molar-refractivity contribution in [3.8, 4) is 0 Å². The van der Waals surface area contributed by atoms with E-state index in [-0.39, 0.29) is 11.3 Å². The highest BCUT2D eigenvalue weighted by Gasteiger charge is 2.26. The summed E-state index contributed by atoms with van der Waals surface area (Å²) in [5, 5.41) is 3.14. The summed E-state index contributed by atoms with van der Waals surface area (Å²) in [6, 6.07) is 0. The second-order valence-corrected chi connectivity index (χ2v) is 3.80. The zero-order chi connectivity index (χ0) is 9.68. The van der Waals surface area contributed by atoms with Gasteiger partial charge < -0.3 is 16.0 Å². The van der Waals surface area contributed by atoms with Crippen LogP contribution in [0, 0.1) is 0 Å². The monoisotopic (exact) mass is 205 g/mol. The maximum absolute atomic E-state index is 11.2. The van der Waals surface area contributed by atoms with E-state index in [1.54, 1.807) is 4.90 Å². The van der Waals surface area contributed by atoms with E-state index >= 15 is 0 Å². The molecule has 1 rings (SSSR count). The number of nitrogens with one attached hydrogen (secondary N) is 1. The summed E-state index contributed by atoms with van der Waals surface area (Å²) in [5.41, 5.74) is 5.31. The lowest BCUT2D eigenvalue weighted by atomic mass is 10.4. The molecule has 0 saturated carbocycles. The summed E-state index contributed by atoms with van der Waals surface area (Å²) in [6.07, 6.45) is 0.485. The van der Waals surface area contributed by atoms with Crippen LogP contribution in [0.15, 0.2) is 0 Å². The first-order chi connectivity index (χ1) is 6.24. The van der Waals surface area contributed by atoms with Crippen molar-refractivity contribution in [1.29, 1.82) is 0 Å². The molecule has 0 bridgehead atoms. The normalized spacial score (nSPS) is 22.8. The minimum Gasteiger partial charge on any atom is -0.340 e. The molecule has 1 heterocycles. The van der Waals surface area contributed by atoms with E-state index in [1.165, 1.54) is 0 Å². The first kappa shape index (κ1) is 10.8. The summed E-state index contributed by atoms with van der Waals surface area (Å²) >= 11 is 5.84. The van der Waals surface area contributed by atoms with Crippen LogP contribution in [0.5, 0.6) is 0 Å². The quantitative estimate of drug-likeness (QED) is 0.465. The van der Waals surface area contributed by atoms with Gasteiger partial charge in [0.05, 0.1) is 5.38 Å². The van der Waals surface area contributed by atoms with Gasteiger partial charge >= 0.3 is 0 Å². The van der Waals surface area contributed by atoms with E-state index < -0.39 is 0 Å². The van der Waals surface area contributed by atoms with Crippen LogP contribution in [-0.4, -0.2) is 48.9 Å². The Kier molecular flexibility index (Phi) is 4.48. The average Bonchev–Trinajstić information content (AvgIpc) is 2.39. The van der Waals surface area contributed by atoms with Crippen LogP contribution in [0.4, 0.5) is 0 Å². The second-order valence-electron chi connectivity index (χ2n) is 3.18. The molecule has 0 aromatic rings. The lowest BCUT2D eigenvalue weighted by Gasteiger charge is -2.15. The van der Waals surface area contributed by atoms with Crippen LogP contribution < -0.4 is 11.1 Å². The van der Waals surface area contributed by atoms with Crippen molar-refractivity contribution in [3.05, 3.63) is 0 Å². The Morgan fingerprint density at radius 2 is 2.38 bits per heavy atom. The number of likely N-dealkylation sites (tertiary alicyclic amines) is 1. The molecule has 1 atom stereocenters. The Morgan fingerprint density at radius 1 is 1.62 bits per heavy atom. The molecular formula is C8H16ClN3O. The molecule has 1 unspecified atom stereocenters. The molecule has 1 aliphatic rings. The van der Waals surface area contributed by atoms with Gasteiger partial charge in [0, 0.05) is 39.1 Å². The Hall–Kier alpha value is -0.320. The van der Waals surface area contributed by atoms with Gasteiger partial charge in [-0.05, 0) is 0 Å². The Labute approximate surface area is 83.4 Å². The third-order valence-electron chi connectivity index (χ3n) is 2.05. The fourth-order valence-corrected chi connectivity index (χ4v) is 1.68. The molecule has 0 aromatic heterocycles. The smallest absolute Gasteiger partial charge is 0.224 e. The highest BCUT2D eigenvalue weighted by Crippen LogP contribution is 2.15. The SMILES string of the molecule is NCCNCCN1CC(Cl)CC1=O. The van der Waals surface area contributed by atoms with Gasteiger partial charge in [-0.25, -0.2) is 0 Å². The minimum absolute atomic E-state index is 0.00186. The number of rotatable bonds is 5. The van der Waals surface area contributed by atoms with Crippen molar-refractivity contribution in [3.63, 3.8) is 0 Å². The number of alkyl halides is 1. The third-order valence-corrected chi connectivity index (χ3v) is 2.34. The van der Waals surface area contributed by atoms with Crippen molar-refractivity contribution < 1.29 is 4.79 Å². The van der Waals surface area contributed by atoms with Gasteiger partial charge in [-0.15, -0.1) is 11.6 Å². The number of hydrogen-bond donors (Lipinski definition) is 2. The summed E-state index contributed by atoms with van der Waals surface area (Å²) in [7, 11) is 0. The zero-order valence-electron chi connectivity index (χ0n) is 7.63. The minimum atomic E-state index is 0.00186. The van der Waals surface area contributed by atoms with Gasteiger partial charge in [0.15, 0.2) is 0 Å². The molecule has 1 saturated heterocycles. The largest absolute Gasteiger partial charge is 0.340 e. The molecule has 76 valence electrons. The van der Waals surface area contributed by atoms with Crippen LogP contribution in [-0.2, 0) is 4.79 Å².